The van der Waals surface area contributed by atoms with Gasteiger partial charge in [0.25, 0.3) is 11.8 Å². The quantitative estimate of drug-likeness (QED) is 0.461. The molecule has 1 aliphatic rings. The molecule has 2 aromatic carbocycles. The first kappa shape index (κ1) is 22.8. The van der Waals surface area contributed by atoms with Crippen LogP contribution in [-0.2, 0) is 13.5 Å². The molecule has 178 valence electrons. The molecule has 0 aliphatic carbocycles. The third kappa shape index (κ3) is 5.09. The molecule has 0 bridgehead atoms. The Hall–Kier alpha value is -4.00. The smallest absolute Gasteiger partial charge is 0.276 e. The molecule has 7 nitrogen and oxygen atoms in total. The van der Waals surface area contributed by atoms with Crippen molar-refractivity contribution in [3.63, 3.8) is 0 Å². The number of nitrogens with zero attached hydrogens (tertiary/aromatic N) is 4. The Balaban J connectivity index is 1.27. The van der Waals surface area contributed by atoms with Crippen LogP contribution in [0.25, 0.3) is 10.8 Å². The summed E-state index contributed by atoms with van der Waals surface area (Å²) in [6, 6.07) is 17.4. The molecule has 0 unspecified atom stereocenters. The number of carbonyl (C=O) groups is 2. The van der Waals surface area contributed by atoms with Gasteiger partial charge in [-0.1, -0.05) is 30.3 Å². The standard InChI is InChI=1S/C28H29N5O2/c1-32-16-13-26(31-32)27(34)30-25-10-3-2-9-24(25)28(35)33-15-5-6-20(12-17-33)18-21-7-4-8-22-19-29-14-11-23(21)22/h2-4,7-11,13-14,16,19-20H,5-6,12,15,17-18H2,1H3,(H,30,34)/t20-/m0/s1. The van der Waals surface area contributed by atoms with E-state index in [1.54, 1.807) is 36.1 Å². The zero-order chi connectivity index (χ0) is 24.2. The van der Waals surface area contributed by atoms with Crippen LogP contribution >= 0.6 is 0 Å². The molecule has 1 saturated heterocycles. The van der Waals surface area contributed by atoms with Crippen LogP contribution in [-0.4, -0.2) is 44.6 Å². The van der Waals surface area contributed by atoms with Crippen molar-refractivity contribution in [3.8, 4) is 0 Å². The van der Waals surface area contributed by atoms with E-state index in [0.717, 1.165) is 32.2 Å². The molecular formula is C28H29N5O2. The number of hydrogen-bond acceptors (Lipinski definition) is 4. The molecule has 1 atom stereocenters. The van der Waals surface area contributed by atoms with Gasteiger partial charge in [-0.3, -0.25) is 19.3 Å². The summed E-state index contributed by atoms with van der Waals surface area (Å²) in [6.07, 6.45) is 9.48. The molecule has 5 rings (SSSR count). The van der Waals surface area contributed by atoms with E-state index in [4.69, 9.17) is 0 Å². The van der Waals surface area contributed by atoms with E-state index in [-0.39, 0.29) is 11.8 Å². The third-order valence-electron chi connectivity index (χ3n) is 6.77. The van der Waals surface area contributed by atoms with Crippen LogP contribution in [0.5, 0.6) is 0 Å². The topological polar surface area (TPSA) is 80.1 Å². The van der Waals surface area contributed by atoms with Gasteiger partial charge in [0.15, 0.2) is 5.69 Å². The van der Waals surface area contributed by atoms with E-state index in [1.807, 2.05) is 29.4 Å². The van der Waals surface area contributed by atoms with Gasteiger partial charge in [-0.15, -0.1) is 0 Å². The minimum atomic E-state index is -0.327. The largest absolute Gasteiger partial charge is 0.339 e. The van der Waals surface area contributed by atoms with Gasteiger partial charge in [0.1, 0.15) is 0 Å². The Morgan fingerprint density at radius 1 is 1.03 bits per heavy atom. The first-order chi connectivity index (χ1) is 17.1. The molecular weight excluding hydrogens is 438 g/mol. The number of anilines is 1. The maximum atomic E-state index is 13.5. The predicted molar refractivity (Wildman–Crippen MR) is 136 cm³/mol. The minimum Gasteiger partial charge on any atom is -0.339 e. The highest BCUT2D eigenvalue weighted by molar-refractivity contribution is 6.08. The fourth-order valence-corrected chi connectivity index (χ4v) is 4.92. The summed E-state index contributed by atoms with van der Waals surface area (Å²) < 4.78 is 1.58. The molecule has 3 heterocycles. The zero-order valence-electron chi connectivity index (χ0n) is 19.9. The number of likely N-dealkylation sites (tertiary alicyclic amines) is 1. The number of carbonyl (C=O) groups excluding carboxylic acids is 2. The number of amides is 2. The van der Waals surface area contributed by atoms with Gasteiger partial charge < -0.3 is 10.2 Å². The van der Waals surface area contributed by atoms with Crippen molar-refractivity contribution in [2.75, 3.05) is 18.4 Å². The maximum absolute atomic E-state index is 13.5. The number of pyridine rings is 1. The Morgan fingerprint density at radius 3 is 2.77 bits per heavy atom. The number of hydrogen-bond donors (Lipinski definition) is 1. The van der Waals surface area contributed by atoms with Crippen molar-refractivity contribution in [1.82, 2.24) is 19.7 Å². The van der Waals surface area contributed by atoms with Gasteiger partial charge in [-0.25, -0.2) is 0 Å². The fourth-order valence-electron chi connectivity index (χ4n) is 4.92. The number of rotatable bonds is 5. The van der Waals surface area contributed by atoms with Crippen LogP contribution < -0.4 is 5.32 Å². The minimum absolute atomic E-state index is 0.0428. The number of para-hydroxylation sites is 1. The lowest BCUT2D eigenvalue weighted by Crippen LogP contribution is -2.33. The van der Waals surface area contributed by atoms with Crippen molar-refractivity contribution < 1.29 is 9.59 Å². The maximum Gasteiger partial charge on any atom is 0.276 e. The van der Waals surface area contributed by atoms with Crippen LogP contribution in [0, 0.1) is 5.92 Å². The van der Waals surface area contributed by atoms with Crippen molar-refractivity contribution in [2.24, 2.45) is 13.0 Å². The first-order valence-electron chi connectivity index (χ1n) is 12.1. The summed E-state index contributed by atoms with van der Waals surface area (Å²) in [5.41, 5.74) is 2.68. The summed E-state index contributed by atoms with van der Waals surface area (Å²) >= 11 is 0. The Bertz CT molecular complexity index is 1360. The SMILES string of the molecule is Cn1ccc(C(=O)Nc2ccccc2C(=O)N2CCC[C@H](Cc3cccc4cnccc34)CC2)n1. The Labute approximate surface area is 204 Å². The second-order valence-electron chi connectivity index (χ2n) is 9.18. The van der Waals surface area contributed by atoms with Crippen molar-refractivity contribution in [1.29, 1.82) is 0 Å². The Morgan fingerprint density at radius 2 is 1.91 bits per heavy atom. The van der Waals surface area contributed by atoms with E-state index in [9.17, 15) is 9.59 Å². The molecule has 0 radical (unpaired) electrons. The predicted octanol–water partition coefficient (Wildman–Crippen LogP) is 4.71. The molecule has 4 aromatic rings. The number of benzene rings is 2. The molecule has 35 heavy (non-hydrogen) atoms. The average molecular weight is 468 g/mol. The average Bonchev–Trinajstić information content (AvgIpc) is 3.18. The molecule has 1 N–H and O–H groups in total. The van der Waals surface area contributed by atoms with Crippen LogP contribution in [0.3, 0.4) is 0 Å². The second kappa shape index (κ2) is 10.1. The summed E-state index contributed by atoms with van der Waals surface area (Å²) in [5.74, 6) is 0.150. The van der Waals surface area contributed by atoms with E-state index in [2.05, 4.69) is 39.7 Å². The number of nitrogens with one attached hydrogen (secondary N) is 1. The van der Waals surface area contributed by atoms with Crippen molar-refractivity contribution in [3.05, 3.63) is 90.0 Å². The van der Waals surface area contributed by atoms with E-state index in [0.29, 0.717) is 29.4 Å². The number of fused-ring (bicyclic) bond motifs is 1. The van der Waals surface area contributed by atoms with E-state index >= 15 is 0 Å². The fraction of sp³-hybridized carbons (Fsp3) is 0.286. The lowest BCUT2D eigenvalue weighted by molar-refractivity contribution is 0.0761. The second-order valence-corrected chi connectivity index (χ2v) is 9.18. The first-order valence-corrected chi connectivity index (χ1v) is 12.1. The Kier molecular flexibility index (Phi) is 6.57. The molecule has 2 amide bonds. The van der Waals surface area contributed by atoms with Crippen molar-refractivity contribution in [2.45, 2.75) is 25.7 Å². The van der Waals surface area contributed by atoms with Crippen LogP contribution in [0.4, 0.5) is 5.69 Å². The summed E-state index contributed by atoms with van der Waals surface area (Å²) in [4.78, 5) is 32.3. The van der Waals surface area contributed by atoms with Crippen LogP contribution in [0.1, 0.15) is 45.7 Å². The highest BCUT2D eigenvalue weighted by Gasteiger charge is 2.24. The molecule has 7 heteroatoms. The summed E-state index contributed by atoms with van der Waals surface area (Å²) in [7, 11) is 1.76. The molecule has 1 fully saturated rings. The van der Waals surface area contributed by atoms with Gasteiger partial charge in [0.05, 0.1) is 11.3 Å². The lowest BCUT2D eigenvalue weighted by Gasteiger charge is -2.22. The van der Waals surface area contributed by atoms with E-state index in [1.165, 1.54) is 16.3 Å². The van der Waals surface area contributed by atoms with Crippen molar-refractivity contribution >= 4 is 28.3 Å². The van der Waals surface area contributed by atoms with Gasteiger partial charge in [-0.2, -0.15) is 5.10 Å². The monoisotopic (exact) mass is 467 g/mol. The number of aryl methyl sites for hydroxylation is 1. The van der Waals surface area contributed by atoms with Gasteiger partial charge in [-0.05, 0) is 66.8 Å². The van der Waals surface area contributed by atoms with Gasteiger partial charge in [0, 0.05) is 44.1 Å². The molecule has 0 spiro atoms. The summed E-state index contributed by atoms with van der Waals surface area (Å²) in [6.45, 7) is 1.43. The zero-order valence-corrected chi connectivity index (χ0v) is 19.9. The van der Waals surface area contributed by atoms with Crippen LogP contribution in [0.15, 0.2) is 73.2 Å². The highest BCUT2D eigenvalue weighted by Crippen LogP contribution is 2.27. The third-order valence-corrected chi connectivity index (χ3v) is 6.77. The van der Waals surface area contributed by atoms with Crippen LogP contribution in [0.2, 0.25) is 0 Å². The lowest BCUT2D eigenvalue weighted by atomic mass is 9.90. The van der Waals surface area contributed by atoms with Gasteiger partial charge >= 0.3 is 0 Å². The molecule has 2 aromatic heterocycles. The summed E-state index contributed by atoms with van der Waals surface area (Å²) in [5, 5.41) is 9.45. The van der Waals surface area contributed by atoms with E-state index < -0.39 is 0 Å². The molecule has 0 saturated carbocycles. The van der Waals surface area contributed by atoms with Gasteiger partial charge in [0.2, 0.25) is 0 Å². The molecule has 1 aliphatic heterocycles. The number of aromatic nitrogens is 3. The normalized spacial score (nSPS) is 16.1. The highest BCUT2D eigenvalue weighted by atomic mass is 16.2.